The molecule has 3 aromatic rings. The zero-order valence-corrected chi connectivity index (χ0v) is 18.9. The minimum atomic E-state index is -0.487. The topological polar surface area (TPSA) is 90.3 Å². The Morgan fingerprint density at radius 3 is 2.44 bits per heavy atom. The van der Waals surface area contributed by atoms with Crippen molar-refractivity contribution in [2.45, 2.75) is 32.8 Å². The lowest BCUT2D eigenvalue weighted by atomic mass is 9.95. The van der Waals surface area contributed by atoms with Gasteiger partial charge in [0.05, 0.1) is 17.6 Å². The monoisotopic (exact) mass is 453 g/mol. The molecule has 0 unspecified atom stereocenters. The Morgan fingerprint density at radius 2 is 1.78 bits per heavy atom. The second kappa shape index (κ2) is 9.08. The molecule has 0 radical (unpaired) electrons. The normalized spacial score (nSPS) is 14.1. The molecule has 0 spiro atoms. The molecule has 0 aliphatic carbocycles. The van der Waals surface area contributed by atoms with Gasteiger partial charge in [0.25, 0.3) is 0 Å². The first kappa shape index (κ1) is 22.0. The second-order valence-corrected chi connectivity index (χ2v) is 9.10. The van der Waals surface area contributed by atoms with Gasteiger partial charge >= 0.3 is 12.1 Å². The number of amides is 1. The van der Waals surface area contributed by atoms with E-state index in [1.807, 2.05) is 20.8 Å². The Labute approximate surface area is 191 Å². The van der Waals surface area contributed by atoms with Crippen LogP contribution in [0.15, 0.2) is 49.1 Å². The third-order valence-electron chi connectivity index (χ3n) is 4.74. The molecule has 166 valence electrons. The molecule has 0 N–H and O–H groups in total. The Balaban J connectivity index is 1.34. The van der Waals surface area contributed by atoms with E-state index in [0.29, 0.717) is 35.5 Å². The molecule has 4 rings (SSSR count). The summed E-state index contributed by atoms with van der Waals surface area (Å²) in [6.45, 7) is 6.90. The third kappa shape index (κ3) is 5.70. The highest BCUT2D eigenvalue weighted by molar-refractivity contribution is 6.30. The molecule has 0 saturated carbocycles. The molecule has 2 aromatic heterocycles. The van der Waals surface area contributed by atoms with Gasteiger partial charge in [-0.3, -0.25) is 4.98 Å². The predicted octanol–water partition coefficient (Wildman–Crippen LogP) is 4.79. The van der Waals surface area contributed by atoms with Gasteiger partial charge in [-0.25, -0.2) is 19.7 Å². The van der Waals surface area contributed by atoms with Gasteiger partial charge in [-0.2, -0.15) is 0 Å². The van der Waals surface area contributed by atoms with Crippen LogP contribution in [0.1, 0.15) is 26.5 Å². The summed E-state index contributed by atoms with van der Waals surface area (Å²) in [6.07, 6.45) is 7.19. The van der Waals surface area contributed by atoms with Crippen molar-refractivity contribution >= 4 is 17.7 Å². The van der Waals surface area contributed by atoms with Crippen LogP contribution in [0.25, 0.3) is 11.3 Å². The molecule has 1 aromatic carbocycles. The molecule has 1 fully saturated rings. The smallest absolute Gasteiger partial charge is 0.410 e. The number of carbonyl (C=O) groups is 1. The fraction of sp³-hybridized carbons (Fsp3) is 0.348. The van der Waals surface area contributed by atoms with Crippen molar-refractivity contribution in [1.29, 1.82) is 0 Å². The average molecular weight is 454 g/mol. The van der Waals surface area contributed by atoms with E-state index < -0.39 is 5.60 Å². The molecule has 1 amide bonds. The number of benzene rings is 1. The Morgan fingerprint density at radius 1 is 1.09 bits per heavy atom. The van der Waals surface area contributed by atoms with E-state index in [9.17, 15) is 4.79 Å². The number of carbonyl (C=O) groups excluding carboxylic acids is 1. The highest BCUT2D eigenvalue weighted by atomic mass is 35.5. The third-order valence-corrected chi connectivity index (χ3v) is 4.99. The summed E-state index contributed by atoms with van der Waals surface area (Å²) in [6, 6.07) is 7.21. The zero-order valence-electron chi connectivity index (χ0n) is 18.2. The summed E-state index contributed by atoms with van der Waals surface area (Å²) in [5, 5.41) is 0.631. The molecule has 9 heteroatoms. The standard InChI is InChI=1S/C23H24ClN5O3/c1-23(2,3)32-22(30)29-13-15(14-29)8-18-11-25-12-20(28-18)16-9-26-21(27-10-16)31-19-6-4-17(24)5-7-19/h4-7,9-12,15H,8,13-14H2,1-3H3. The van der Waals surface area contributed by atoms with E-state index in [1.165, 1.54) is 0 Å². The maximum atomic E-state index is 12.1. The van der Waals surface area contributed by atoms with Crippen LogP contribution in [0.2, 0.25) is 5.02 Å². The van der Waals surface area contributed by atoms with E-state index >= 15 is 0 Å². The highest BCUT2D eigenvalue weighted by Gasteiger charge is 2.33. The Hall–Kier alpha value is -3.26. The van der Waals surface area contributed by atoms with Crippen LogP contribution in [0.4, 0.5) is 4.79 Å². The van der Waals surface area contributed by atoms with Gasteiger partial charge in [-0.15, -0.1) is 0 Å². The highest BCUT2D eigenvalue weighted by Crippen LogP contribution is 2.24. The van der Waals surface area contributed by atoms with Crippen LogP contribution in [0, 0.1) is 5.92 Å². The van der Waals surface area contributed by atoms with Crippen LogP contribution in [-0.2, 0) is 11.2 Å². The summed E-state index contributed by atoms with van der Waals surface area (Å²) in [4.78, 5) is 31.3. The lowest BCUT2D eigenvalue weighted by Crippen LogP contribution is -2.52. The van der Waals surface area contributed by atoms with Crippen LogP contribution >= 0.6 is 11.6 Å². The summed E-state index contributed by atoms with van der Waals surface area (Å²) in [5.74, 6) is 0.934. The van der Waals surface area contributed by atoms with Gasteiger partial charge in [0.15, 0.2) is 0 Å². The molecule has 8 nitrogen and oxygen atoms in total. The number of rotatable bonds is 5. The molecular formula is C23H24ClN5O3. The van der Waals surface area contributed by atoms with Crippen LogP contribution in [0.5, 0.6) is 11.8 Å². The predicted molar refractivity (Wildman–Crippen MR) is 120 cm³/mol. The van der Waals surface area contributed by atoms with E-state index in [2.05, 4.69) is 19.9 Å². The van der Waals surface area contributed by atoms with Gasteiger partial charge in [-0.1, -0.05) is 11.6 Å². The van der Waals surface area contributed by atoms with Gasteiger partial charge in [0.2, 0.25) is 0 Å². The number of hydrogen-bond donors (Lipinski definition) is 0. The van der Waals surface area contributed by atoms with Crippen LogP contribution < -0.4 is 4.74 Å². The SMILES string of the molecule is CC(C)(C)OC(=O)N1CC(Cc2cncc(-c3cnc(Oc4ccc(Cl)cc4)nc3)n2)C1. The first-order chi connectivity index (χ1) is 15.2. The Bertz CT molecular complexity index is 1080. The van der Waals surface area contributed by atoms with Crippen LogP contribution in [0.3, 0.4) is 0 Å². The zero-order chi connectivity index (χ0) is 22.7. The lowest BCUT2D eigenvalue weighted by molar-refractivity contribution is -0.00101. The molecule has 1 saturated heterocycles. The van der Waals surface area contributed by atoms with Crippen molar-refractivity contribution in [2.24, 2.45) is 5.92 Å². The number of halogens is 1. The van der Waals surface area contributed by atoms with Crippen molar-refractivity contribution in [3.63, 3.8) is 0 Å². The molecule has 32 heavy (non-hydrogen) atoms. The van der Waals surface area contributed by atoms with E-state index in [1.54, 1.807) is 54.0 Å². The number of nitrogens with zero attached hydrogens (tertiary/aromatic N) is 5. The molecule has 3 heterocycles. The summed E-state index contributed by atoms with van der Waals surface area (Å²) >= 11 is 5.88. The quantitative estimate of drug-likeness (QED) is 0.548. The van der Waals surface area contributed by atoms with Crippen molar-refractivity contribution < 1.29 is 14.3 Å². The fourth-order valence-electron chi connectivity index (χ4n) is 3.22. The lowest BCUT2D eigenvalue weighted by Gasteiger charge is -2.39. The molecular weight excluding hydrogens is 430 g/mol. The first-order valence-corrected chi connectivity index (χ1v) is 10.7. The Kier molecular flexibility index (Phi) is 6.23. The molecule has 1 aliphatic rings. The minimum absolute atomic E-state index is 0.233. The molecule has 0 bridgehead atoms. The molecule has 1 aliphatic heterocycles. The van der Waals surface area contributed by atoms with E-state index in [4.69, 9.17) is 21.1 Å². The van der Waals surface area contributed by atoms with Gasteiger partial charge < -0.3 is 14.4 Å². The average Bonchev–Trinajstić information content (AvgIpc) is 2.71. The number of likely N-dealkylation sites (tertiary alicyclic amines) is 1. The van der Waals surface area contributed by atoms with E-state index in [-0.39, 0.29) is 12.1 Å². The van der Waals surface area contributed by atoms with Crippen molar-refractivity contribution in [3.05, 3.63) is 59.8 Å². The summed E-state index contributed by atoms with van der Waals surface area (Å²) in [7, 11) is 0. The maximum absolute atomic E-state index is 12.1. The van der Waals surface area contributed by atoms with Gasteiger partial charge in [0, 0.05) is 42.3 Å². The molecule has 0 atom stereocenters. The van der Waals surface area contributed by atoms with E-state index in [0.717, 1.165) is 17.7 Å². The van der Waals surface area contributed by atoms with Crippen molar-refractivity contribution in [1.82, 2.24) is 24.8 Å². The second-order valence-electron chi connectivity index (χ2n) is 8.66. The van der Waals surface area contributed by atoms with Gasteiger partial charge in [0.1, 0.15) is 11.4 Å². The van der Waals surface area contributed by atoms with Crippen molar-refractivity contribution in [2.75, 3.05) is 13.1 Å². The minimum Gasteiger partial charge on any atom is -0.444 e. The van der Waals surface area contributed by atoms with Gasteiger partial charge in [-0.05, 0) is 57.4 Å². The number of aromatic nitrogens is 4. The summed E-state index contributed by atoms with van der Waals surface area (Å²) in [5.41, 5.74) is 1.80. The van der Waals surface area contributed by atoms with Crippen molar-refractivity contribution in [3.8, 4) is 23.0 Å². The summed E-state index contributed by atoms with van der Waals surface area (Å²) < 4.78 is 11.0. The maximum Gasteiger partial charge on any atom is 0.410 e. The first-order valence-electron chi connectivity index (χ1n) is 10.3. The number of ether oxygens (including phenoxy) is 2. The largest absolute Gasteiger partial charge is 0.444 e. The number of hydrogen-bond acceptors (Lipinski definition) is 7. The fourth-order valence-corrected chi connectivity index (χ4v) is 3.35. The van der Waals surface area contributed by atoms with Crippen LogP contribution in [-0.4, -0.2) is 49.6 Å².